The van der Waals surface area contributed by atoms with Gasteiger partial charge in [0.2, 0.25) is 0 Å². The minimum atomic E-state index is -0.406. The zero-order chi connectivity index (χ0) is 9.23. The fourth-order valence-corrected chi connectivity index (χ4v) is 0.659. The molecular weight excluding hydrogens is 159 g/mol. The largest absolute Gasteiger partial charge is 0.463 e. The monoisotopic (exact) mass is 172 g/mol. The van der Waals surface area contributed by atoms with Crippen LogP contribution in [0.4, 0.5) is 4.39 Å². The van der Waals surface area contributed by atoms with Crippen LogP contribution in [0.2, 0.25) is 0 Å². The van der Waals surface area contributed by atoms with Gasteiger partial charge in [0.05, 0.1) is 12.9 Å². The van der Waals surface area contributed by atoms with Gasteiger partial charge in [-0.05, 0) is 19.3 Å². The van der Waals surface area contributed by atoms with E-state index in [1.54, 1.807) is 0 Å². The van der Waals surface area contributed by atoms with Gasteiger partial charge < -0.3 is 4.74 Å². The van der Waals surface area contributed by atoms with Gasteiger partial charge in [0, 0.05) is 6.08 Å². The summed E-state index contributed by atoms with van der Waals surface area (Å²) >= 11 is 0. The smallest absolute Gasteiger partial charge is 0.330 e. The Bertz CT molecular complexity index is 164. The highest BCUT2D eigenvalue weighted by molar-refractivity contribution is 5.81. The Balaban J connectivity index is 3.10. The molecule has 0 atom stereocenters. The van der Waals surface area contributed by atoms with Crippen LogP contribution in [0.5, 0.6) is 0 Å². The number of unbranched alkanes of at least 4 members (excludes halogenated alkanes) is 2. The molecule has 0 amide bonds. The van der Waals surface area contributed by atoms with Gasteiger partial charge >= 0.3 is 5.97 Å². The summed E-state index contributed by atoms with van der Waals surface area (Å²) in [4.78, 5) is 10.5. The average molecular weight is 172 g/mol. The average Bonchev–Trinajstić information content (AvgIpc) is 2.10. The number of rotatable bonds is 6. The number of carbonyl (C=O) groups is 1. The molecule has 0 fully saturated rings. The van der Waals surface area contributed by atoms with Crippen molar-refractivity contribution in [2.24, 2.45) is 0 Å². The summed E-state index contributed by atoms with van der Waals surface area (Å²) in [5.74, 6) is -0.406. The van der Waals surface area contributed by atoms with Crippen LogP contribution in [-0.4, -0.2) is 12.6 Å². The van der Waals surface area contributed by atoms with Crippen LogP contribution in [0, 0.1) is 0 Å². The van der Waals surface area contributed by atoms with E-state index < -0.39 is 5.97 Å². The number of hydrogen-bond acceptors (Lipinski definition) is 2. The lowest BCUT2D eigenvalue weighted by atomic mass is 10.2. The molecule has 2 nitrogen and oxygen atoms in total. The SMILES string of the molecule is C=CC(=O)OCCCCC=CF. The molecule has 0 heterocycles. The Hall–Kier alpha value is -1.12. The molecule has 0 N–H and O–H groups in total. The molecule has 3 heteroatoms. The topological polar surface area (TPSA) is 26.3 Å². The molecule has 0 rings (SSSR count). The van der Waals surface area contributed by atoms with Crippen molar-refractivity contribution >= 4 is 5.97 Å². The van der Waals surface area contributed by atoms with Crippen LogP contribution in [0.25, 0.3) is 0 Å². The number of halogens is 1. The third-order valence-electron chi connectivity index (χ3n) is 1.27. The summed E-state index contributed by atoms with van der Waals surface area (Å²) in [5.41, 5.74) is 0. The number of allylic oxidation sites excluding steroid dienone is 1. The number of hydrogen-bond donors (Lipinski definition) is 0. The maximum atomic E-state index is 11.4. The normalized spacial score (nSPS) is 10.1. The van der Waals surface area contributed by atoms with Crippen LogP contribution in [0.1, 0.15) is 19.3 Å². The number of esters is 1. The molecule has 0 saturated heterocycles. The van der Waals surface area contributed by atoms with Gasteiger partial charge in [0.25, 0.3) is 0 Å². The molecular formula is C9H13FO2. The maximum absolute atomic E-state index is 11.4. The fraction of sp³-hybridized carbons (Fsp3) is 0.444. The van der Waals surface area contributed by atoms with Gasteiger partial charge in [-0.1, -0.05) is 12.7 Å². The molecule has 0 aliphatic heterocycles. The molecule has 0 saturated carbocycles. The van der Waals surface area contributed by atoms with Crippen molar-refractivity contribution in [3.63, 3.8) is 0 Å². The Morgan fingerprint density at radius 2 is 2.25 bits per heavy atom. The summed E-state index contributed by atoms with van der Waals surface area (Å²) < 4.78 is 16.1. The van der Waals surface area contributed by atoms with Gasteiger partial charge in [-0.2, -0.15) is 0 Å². The van der Waals surface area contributed by atoms with Crippen LogP contribution in [-0.2, 0) is 9.53 Å². The number of ether oxygens (including phenoxy) is 1. The van der Waals surface area contributed by atoms with E-state index in [2.05, 4.69) is 6.58 Å². The summed E-state index contributed by atoms with van der Waals surface area (Å²) in [6, 6.07) is 0. The third kappa shape index (κ3) is 6.99. The van der Waals surface area contributed by atoms with Crippen molar-refractivity contribution in [1.29, 1.82) is 0 Å². The van der Waals surface area contributed by atoms with E-state index in [0.29, 0.717) is 19.4 Å². The summed E-state index contributed by atoms with van der Waals surface area (Å²) in [7, 11) is 0. The van der Waals surface area contributed by atoms with E-state index in [9.17, 15) is 9.18 Å². The van der Waals surface area contributed by atoms with Crippen LogP contribution < -0.4 is 0 Å². The molecule has 0 aromatic heterocycles. The zero-order valence-electron chi connectivity index (χ0n) is 6.96. The predicted molar refractivity (Wildman–Crippen MR) is 45.3 cm³/mol. The van der Waals surface area contributed by atoms with E-state index in [4.69, 9.17) is 4.74 Å². The van der Waals surface area contributed by atoms with Crippen molar-refractivity contribution in [2.75, 3.05) is 6.61 Å². The first-order valence-electron chi connectivity index (χ1n) is 3.85. The first-order chi connectivity index (χ1) is 5.81. The molecule has 0 spiro atoms. The van der Waals surface area contributed by atoms with E-state index >= 15 is 0 Å². The molecule has 0 aliphatic rings. The molecule has 0 bridgehead atoms. The van der Waals surface area contributed by atoms with E-state index in [-0.39, 0.29) is 0 Å². The van der Waals surface area contributed by atoms with E-state index in [1.807, 2.05) is 0 Å². The Morgan fingerprint density at radius 1 is 1.50 bits per heavy atom. The highest BCUT2D eigenvalue weighted by Gasteiger charge is 1.93. The van der Waals surface area contributed by atoms with E-state index in [0.717, 1.165) is 18.9 Å². The second kappa shape index (κ2) is 7.98. The summed E-state index contributed by atoms with van der Waals surface area (Å²) in [6.07, 6.45) is 5.35. The van der Waals surface area contributed by atoms with E-state index in [1.165, 1.54) is 6.08 Å². The lowest BCUT2D eigenvalue weighted by molar-refractivity contribution is -0.137. The first kappa shape index (κ1) is 10.9. The molecule has 68 valence electrons. The van der Waals surface area contributed by atoms with Gasteiger partial charge in [0.1, 0.15) is 0 Å². The quantitative estimate of drug-likeness (QED) is 0.349. The van der Waals surface area contributed by atoms with Crippen LogP contribution in [0.15, 0.2) is 25.1 Å². The predicted octanol–water partition coefficient (Wildman–Crippen LogP) is 2.37. The molecule has 0 aromatic carbocycles. The van der Waals surface area contributed by atoms with Crippen molar-refractivity contribution in [3.05, 3.63) is 25.1 Å². The van der Waals surface area contributed by atoms with Gasteiger partial charge in [0.15, 0.2) is 0 Å². The van der Waals surface area contributed by atoms with Crippen molar-refractivity contribution in [1.82, 2.24) is 0 Å². The molecule has 0 radical (unpaired) electrons. The van der Waals surface area contributed by atoms with Crippen molar-refractivity contribution < 1.29 is 13.9 Å². The lowest BCUT2D eigenvalue weighted by Gasteiger charge is -1.99. The highest BCUT2D eigenvalue weighted by atomic mass is 19.1. The Kier molecular flexibility index (Phi) is 7.24. The first-order valence-corrected chi connectivity index (χ1v) is 3.85. The second-order valence-corrected chi connectivity index (χ2v) is 2.23. The molecule has 0 aliphatic carbocycles. The van der Waals surface area contributed by atoms with Gasteiger partial charge in [-0.15, -0.1) is 0 Å². The van der Waals surface area contributed by atoms with Crippen molar-refractivity contribution in [3.8, 4) is 0 Å². The summed E-state index contributed by atoms with van der Waals surface area (Å²) in [6.45, 7) is 3.63. The molecule has 0 unspecified atom stereocenters. The minimum absolute atomic E-state index is 0.380. The minimum Gasteiger partial charge on any atom is -0.463 e. The van der Waals surface area contributed by atoms with Crippen LogP contribution >= 0.6 is 0 Å². The second-order valence-electron chi connectivity index (χ2n) is 2.23. The lowest BCUT2D eigenvalue weighted by Crippen LogP contribution is -2.01. The molecule has 12 heavy (non-hydrogen) atoms. The molecule has 0 aromatic rings. The number of carbonyl (C=O) groups excluding carboxylic acids is 1. The fourth-order valence-electron chi connectivity index (χ4n) is 0.659. The maximum Gasteiger partial charge on any atom is 0.330 e. The zero-order valence-corrected chi connectivity index (χ0v) is 6.96. The Labute approximate surface area is 71.7 Å². The van der Waals surface area contributed by atoms with Crippen LogP contribution in [0.3, 0.4) is 0 Å². The standard InChI is InChI=1S/C9H13FO2/c1-2-9(11)12-8-6-4-3-5-7-10/h2,5,7H,1,3-4,6,8H2. The summed E-state index contributed by atoms with van der Waals surface area (Å²) in [5, 5.41) is 0. The van der Waals surface area contributed by atoms with Gasteiger partial charge in [-0.25, -0.2) is 9.18 Å². The highest BCUT2D eigenvalue weighted by Crippen LogP contribution is 1.97. The van der Waals surface area contributed by atoms with Crippen molar-refractivity contribution in [2.45, 2.75) is 19.3 Å². The van der Waals surface area contributed by atoms with Gasteiger partial charge in [-0.3, -0.25) is 0 Å². The Morgan fingerprint density at radius 3 is 2.83 bits per heavy atom. The third-order valence-corrected chi connectivity index (χ3v) is 1.27.